The Morgan fingerprint density at radius 3 is 2.29 bits per heavy atom. The van der Waals surface area contributed by atoms with Crippen molar-refractivity contribution >= 4 is 17.5 Å². The van der Waals surface area contributed by atoms with Gasteiger partial charge < -0.3 is 10.4 Å². The molecule has 2 rings (SSSR count). The summed E-state index contributed by atoms with van der Waals surface area (Å²) in [6, 6.07) is 17.9. The van der Waals surface area contributed by atoms with Gasteiger partial charge in [-0.3, -0.25) is 14.5 Å². The molecule has 0 aliphatic carbocycles. The summed E-state index contributed by atoms with van der Waals surface area (Å²) in [6.45, 7) is 2.32. The lowest BCUT2D eigenvalue weighted by Crippen LogP contribution is -2.44. The van der Waals surface area contributed by atoms with Crippen LogP contribution in [0.5, 0.6) is 0 Å². The number of anilines is 1. The average molecular weight is 380 g/mol. The lowest BCUT2D eigenvalue weighted by atomic mass is 10.0. The molecule has 0 bridgehead atoms. The van der Waals surface area contributed by atoms with Crippen LogP contribution in [-0.4, -0.2) is 30.1 Å². The summed E-state index contributed by atoms with van der Waals surface area (Å²) in [4.78, 5) is 27.5. The van der Waals surface area contributed by atoms with Gasteiger partial charge in [-0.25, -0.2) is 0 Å². The molecule has 1 unspecified atom stereocenters. The Morgan fingerprint density at radius 1 is 1.04 bits per heavy atom. The van der Waals surface area contributed by atoms with Gasteiger partial charge in [0.05, 0.1) is 6.61 Å². The van der Waals surface area contributed by atoms with E-state index in [2.05, 4.69) is 5.32 Å². The SMILES string of the molecule is CCC(=O)N(c1ccccc1)C(C(=O)NCCC/C=C/CO)c1ccccc1. The van der Waals surface area contributed by atoms with Crippen LogP contribution in [0, 0.1) is 0 Å². The van der Waals surface area contributed by atoms with Gasteiger partial charge in [-0.2, -0.15) is 0 Å². The molecule has 0 aromatic heterocycles. The van der Waals surface area contributed by atoms with Crippen molar-refractivity contribution in [2.24, 2.45) is 0 Å². The minimum absolute atomic E-state index is 0.0214. The van der Waals surface area contributed by atoms with E-state index in [9.17, 15) is 9.59 Å². The van der Waals surface area contributed by atoms with Crippen molar-refractivity contribution in [3.05, 3.63) is 78.4 Å². The zero-order valence-corrected chi connectivity index (χ0v) is 16.3. The van der Waals surface area contributed by atoms with Gasteiger partial charge in [0, 0.05) is 18.7 Å². The first-order valence-electron chi connectivity index (χ1n) is 9.64. The lowest BCUT2D eigenvalue weighted by Gasteiger charge is -2.31. The van der Waals surface area contributed by atoms with E-state index in [1.807, 2.05) is 66.7 Å². The molecule has 0 aliphatic heterocycles. The Morgan fingerprint density at radius 2 is 1.68 bits per heavy atom. The maximum Gasteiger partial charge on any atom is 0.247 e. The van der Waals surface area contributed by atoms with Gasteiger partial charge in [-0.15, -0.1) is 0 Å². The van der Waals surface area contributed by atoms with E-state index in [4.69, 9.17) is 5.11 Å². The molecule has 2 amide bonds. The van der Waals surface area contributed by atoms with Crippen LogP contribution >= 0.6 is 0 Å². The number of aliphatic hydroxyl groups excluding tert-OH is 1. The van der Waals surface area contributed by atoms with Gasteiger partial charge in [-0.05, 0) is 30.5 Å². The number of nitrogens with zero attached hydrogens (tertiary/aromatic N) is 1. The lowest BCUT2D eigenvalue weighted by molar-refractivity contribution is -0.126. The highest BCUT2D eigenvalue weighted by atomic mass is 16.2. The largest absolute Gasteiger partial charge is 0.392 e. The number of allylic oxidation sites excluding steroid dienone is 1. The molecule has 148 valence electrons. The average Bonchev–Trinajstić information content (AvgIpc) is 2.75. The van der Waals surface area contributed by atoms with Crippen LogP contribution in [0.15, 0.2) is 72.8 Å². The fraction of sp³-hybridized carbons (Fsp3) is 0.304. The summed E-state index contributed by atoms with van der Waals surface area (Å²) in [5.74, 6) is -0.316. The predicted octanol–water partition coefficient (Wildman–Crippen LogP) is 3.62. The zero-order valence-electron chi connectivity index (χ0n) is 16.3. The molecule has 2 N–H and O–H groups in total. The van der Waals surface area contributed by atoms with Crippen LogP contribution in [0.1, 0.15) is 37.8 Å². The van der Waals surface area contributed by atoms with Crippen molar-refractivity contribution in [2.75, 3.05) is 18.1 Å². The van der Waals surface area contributed by atoms with E-state index in [1.54, 1.807) is 17.9 Å². The number of rotatable bonds is 10. The van der Waals surface area contributed by atoms with Gasteiger partial charge >= 0.3 is 0 Å². The number of nitrogens with one attached hydrogen (secondary N) is 1. The van der Waals surface area contributed by atoms with E-state index in [0.29, 0.717) is 18.7 Å². The molecule has 0 heterocycles. The van der Waals surface area contributed by atoms with Gasteiger partial charge in [-0.1, -0.05) is 67.6 Å². The molecule has 2 aromatic rings. The maximum atomic E-state index is 13.1. The molecule has 0 radical (unpaired) electrons. The van der Waals surface area contributed by atoms with Gasteiger partial charge in [0.2, 0.25) is 11.8 Å². The van der Waals surface area contributed by atoms with E-state index >= 15 is 0 Å². The number of carbonyl (C=O) groups is 2. The summed E-state index contributed by atoms with van der Waals surface area (Å²) >= 11 is 0. The molecule has 0 spiro atoms. The second-order valence-corrected chi connectivity index (χ2v) is 6.35. The monoisotopic (exact) mass is 380 g/mol. The zero-order chi connectivity index (χ0) is 20.2. The minimum atomic E-state index is -0.732. The molecule has 5 heteroatoms. The predicted molar refractivity (Wildman–Crippen MR) is 112 cm³/mol. The summed E-state index contributed by atoms with van der Waals surface area (Å²) in [6.07, 6.45) is 5.41. The summed E-state index contributed by atoms with van der Waals surface area (Å²) < 4.78 is 0. The standard InChI is InChI=1S/C23H28N2O3/c1-2-21(27)25(20-15-9-6-10-16-20)22(19-13-7-5-8-14-19)23(28)24-17-11-3-4-12-18-26/h4-10,12-16,22,26H,2-3,11,17-18H2,1H3,(H,24,28)/b12-4+. The van der Waals surface area contributed by atoms with Gasteiger partial charge in [0.25, 0.3) is 0 Å². The first kappa shape index (κ1) is 21.4. The molecular formula is C23H28N2O3. The van der Waals surface area contributed by atoms with E-state index in [-0.39, 0.29) is 18.4 Å². The molecule has 5 nitrogen and oxygen atoms in total. The maximum absolute atomic E-state index is 13.1. The number of hydrogen-bond donors (Lipinski definition) is 2. The third kappa shape index (κ3) is 6.06. The minimum Gasteiger partial charge on any atom is -0.392 e. The van der Waals surface area contributed by atoms with Crippen LogP contribution in [0.25, 0.3) is 0 Å². The number of benzene rings is 2. The Bertz CT molecular complexity index is 760. The van der Waals surface area contributed by atoms with Crippen molar-refractivity contribution in [3.8, 4) is 0 Å². The Balaban J connectivity index is 2.26. The van der Waals surface area contributed by atoms with Crippen molar-refractivity contribution in [1.82, 2.24) is 5.32 Å². The fourth-order valence-electron chi connectivity index (χ4n) is 2.97. The number of carbonyl (C=O) groups excluding carboxylic acids is 2. The Labute approximate surface area is 166 Å². The Kier molecular flexibility index (Phi) is 8.95. The number of unbranched alkanes of at least 4 members (excludes halogenated alkanes) is 1. The third-order valence-electron chi connectivity index (χ3n) is 4.35. The summed E-state index contributed by atoms with van der Waals surface area (Å²) in [5, 5.41) is 11.7. The number of para-hydroxylation sites is 1. The second-order valence-electron chi connectivity index (χ2n) is 6.35. The van der Waals surface area contributed by atoms with Crippen LogP contribution in [0.2, 0.25) is 0 Å². The highest BCUT2D eigenvalue weighted by Crippen LogP contribution is 2.28. The summed E-state index contributed by atoms with van der Waals surface area (Å²) in [7, 11) is 0. The van der Waals surface area contributed by atoms with Gasteiger partial charge in [0.1, 0.15) is 6.04 Å². The van der Waals surface area contributed by atoms with Crippen molar-refractivity contribution < 1.29 is 14.7 Å². The van der Waals surface area contributed by atoms with E-state index < -0.39 is 6.04 Å². The van der Waals surface area contributed by atoms with Crippen LogP contribution in [0.4, 0.5) is 5.69 Å². The van der Waals surface area contributed by atoms with Crippen LogP contribution < -0.4 is 10.2 Å². The van der Waals surface area contributed by atoms with Gasteiger partial charge in [0.15, 0.2) is 0 Å². The molecule has 0 aliphatic rings. The summed E-state index contributed by atoms with van der Waals surface area (Å²) in [5.41, 5.74) is 1.47. The van der Waals surface area contributed by atoms with E-state index in [1.165, 1.54) is 0 Å². The fourth-order valence-corrected chi connectivity index (χ4v) is 2.97. The number of aliphatic hydroxyl groups is 1. The normalized spacial score (nSPS) is 11.9. The van der Waals surface area contributed by atoms with Crippen molar-refractivity contribution in [3.63, 3.8) is 0 Å². The number of amides is 2. The van der Waals surface area contributed by atoms with Crippen molar-refractivity contribution in [2.45, 2.75) is 32.2 Å². The topological polar surface area (TPSA) is 69.6 Å². The number of hydrogen-bond acceptors (Lipinski definition) is 3. The van der Waals surface area contributed by atoms with Crippen molar-refractivity contribution in [1.29, 1.82) is 0 Å². The molecule has 28 heavy (non-hydrogen) atoms. The highest BCUT2D eigenvalue weighted by Gasteiger charge is 2.31. The van der Waals surface area contributed by atoms with E-state index in [0.717, 1.165) is 18.4 Å². The Hall–Kier alpha value is -2.92. The van der Waals surface area contributed by atoms with Crippen LogP contribution in [-0.2, 0) is 9.59 Å². The quantitative estimate of drug-likeness (QED) is 0.489. The van der Waals surface area contributed by atoms with Crippen LogP contribution in [0.3, 0.4) is 0 Å². The molecule has 0 saturated carbocycles. The highest BCUT2D eigenvalue weighted by molar-refractivity contribution is 6.01. The first-order valence-corrected chi connectivity index (χ1v) is 9.64. The molecule has 0 saturated heterocycles. The molecule has 0 fully saturated rings. The third-order valence-corrected chi connectivity index (χ3v) is 4.35. The molecular weight excluding hydrogens is 352 g/mol. The smallest absolute Gasteiger partial charge is 0.247 e. The first-order chi connectivity index (χ1) is 13.7. The molecule has 1 atom stereocenters. The molecule has 2 aromatic carbocycles. The second kappa shape index (κ2) is 11.7.